The first kappa shape index (κ1) is 11.4. The van der Waals surface area contributed by atoms with Crippen LogP contribution in [-0.2, 0) is 0 Å². The highest BCUT2D eigenvalue weighted by Gasteiger charge is 2.30. The van der Waals surface area contributed by atoms with Crippen molar-refractivity contribution in [3.63, 3.8) is 0 Å². The Bertz CT molecular complexity index is 243. The molecule has 0 fully saturated rings. The number of rotatable bonds is 4. The van der Waals surface area contributed by atoms with Crippen LogP contribution in [0.2, 0.25) is 0 Å². The molecule has 0 spiro atoms. The predicted octanol–water partition coefficient (Wildman–Crippen LogP) is 1.10. The van der Waals surface area contributed by atoms with E-state index in [2.05, 4.69) is 0 Å². The van der Waals surface area contributed by atoms with E-state index < -0.39 is 11.9 Å². The highest BCUT2D eigenvalue weighted by molar-refractivity contribution is 5.31. The van der Waals surface area contributed by atoms with Crippen LogP contribution in [0.5, 0.6) is 0 Å². The average Bonchev–Trinajstić information content (AvgIpc) is 2.18. The molecule has 0 heterocycles. The van der Waals surface area contributed by atoms with Crippen LogP contribution in [0.4, 0.5) is 0 Å². The first-order valence-corrected chi connectivity index (χ1v) is 5.04. The second-order valence-electron chi connectivity index (χ2n) is 3.71. The maximum Gasteiger partial charge on any atom is 0.154 e. The largest absolute Gasteiger partial charge is 0.385 e. The zero-order valence-electron chi connectivity index (χ0n) is 8.48. The first-order chi connectivity index (χ1) is 6.58. The molecule has 1 unspecified atom stereocenters. The van der Waals surface area contributed by atoms with Crippen LogP contribution >= 0.6 is 0 Å². The van der Waals surface area contributed by atoms with Crippen LogP contribution in [0.25, 0.3) is 0 Å². The third-order valence-corrected chi connectivity index (χ3v) is 2.64. The molecule has 3 nitrogen and oxygen atoms in total. The molecule has 14 heavy (non-hydrogen) atoms. The fourth-order valence-electron chi connectivity index (χ4n) is 1.73. The lowest BCUT2D eigenvalue weighted by Crippen LogP contribution is -2.34. The van der Waals surface area contributed by atoms with Gasteiger partial charge in [0.15, 0.2) is 6.29 Å². The molecule has 0 bridgehead atoms. The lowest BCUT2D eigenvalue weighted by atomic mass is 9.84. The zero-order valence-corrected chi connectivity index (χ0v) is 8.48. The third-order valence-electron chi connectivity index (χ3n) is 2.64. The van der Waals surface area contributed by atoms with Crippen molar-refractivity contribution in [1.29, 1.82) is 0 Å². The molecular formula is C11H18O3. The summed E-state index contributed by atoms with van der Waals surface area (Å²) < 4.78 is 0. The molecule has 0 aliphatic heterocycles. The van der Waals surface area contributed by atoms with Gasteiger partial charge in [0, 0.05) is 6.42 Å². The number of aliphatic hydroxyl groups is 3. The summed E-state index contributed by atoms with van der Waals surface area (Å²) >= 11 is 0. The lowest BCUT2D eigenvalue weighted by molar-refractivity contribution is -0.0912. The molecule has 3 N–H and O–H groups in total. The highest BCUT2D eigenvalue weighted by atomic mass is 16.5. The molecule has 0 aromatic carbocycles. The van der Waals surface area contributed by atoms with Gasteiger partial charge >= 0.3 is 0 Å². The van der Waals surface area contributed by atoms with Gasteiger partial charge in [0.2, 0.25) is 0 Å². The summed E-state index contributed by atoms with van der Waals surface area (Å²) in [5, 5.41) is 28.0. The highest BCUT2D eigenvalue weighted by Crippen LogP contribution is 2.29. The maximum absolute atomic E-state index is 10.2. The summed E-state index contributed by atoms with van der Waals surface area (Å²) in [5.41, 5.74) is -0.287. The van der Waals surface area contributed by atoms with Gasteiger partial charge < -0.3 is 15.3 Å². The molecule has 0 amide bonds. The van der Waals surface area contributed by atoms with E-state index >= 15 is 0 Å². The lowest BCUT2D eigenvalue weighted by Gasteiger charge is -2.30. The minimum atomic E-state index is -1.46. The van der Waals surface area contributed by atoms with Gasteiger partial charge in [-0.3, -0.25) is 0 Å². The number of allylic oxidation sites excluding steroid dienone is 2. The molecule has 1 aliphatic carbocycles. The molecule has 1 atom stereocenters. The van der Waals surface area contributed by atoms with E-state index in [0.29, 0.717) is 6.42 Å². The zero-order chi connectivity index (χ0) is 10.6. The molecule has 0 saturated carbocycles. The standard InChI is InChI=1S/C11H18O3/c1-2-11(14,8-10(12)13)9-6-4-3-5-7-9/h4,6-7,10,12-14H,2-3,5,8H2,1H3. The van der Waals surface area contributed by atoms with E-state index in [1.165, 1.54) is 0 Å². The topological polar surface area (TPSA) is 60.7 Å². The molecule has 0 aromatic heterocycles. The molecule has 3 heteroatoms. The van der Waals surface area contributed by atoms with Crippen LogP contribution in [0.3, 0.4) is 0 Å². The summed E-state index contributed by atoms with van der Waals surface area (Å²) in [6.07, 6.45) is 6.73. The average molecular weight is 198 g/mol. The van der Waals surface area contributed by atoms with E-state index in [4.69, 9.17) is 10.2 Å². The minimum Gasteiger partial charge on any atom is -0.385 e. The van der Waals surface area contributed by atoms with Crippen LogP contribution in [0.15, 0.2) is 23.8 Å². The van der Waals surface area contributed by atoms with Gasteiger partial charge in [-0.05, 0) is 24.8 Å². The summed E-state index contributed by atoms with van der Waals surface area (Å²) in [4.78, 5) is 0. The summed E-state index contributed by atoms with van der Waals surface area (Å²) in [6, 6.07) is 0. The second kappa shape index (κ2) is 4.73. The fourth-order valence-corrected chi connectivity index (χ4v) is 1.73. The number of hydrogen-bond donors (Lipinski definition) is 3. The van der Waals surface area contributed by atoms with Crippen molar-refractivity contribution >= 4 is 0 Å². The van der Waals surface area contributed by atoms with E-state index in [1.807, 2.05) is 25.2 Å². The van der Waals surface area contributed by atoms with Gasteiger partial charge in [-0.2, -0.15) is 0 Å². The molecule has 1 rings (SSSR count). The molecule has 80 valence electrons. The van der Waals surface area contributed by atoms with Crippen molar-refractivity contribution in [1.82, 2.24) is 0 Å². The van der Waals surface area contributed by atoms with Crippen molar-refractivity contribution in [2.24, 2.45) is 0 Å². The molecule has 0 saturated heterocycles. The third kappa shape index (κ3) is 2.67. The van der Waals surface area contributed by atoms with Gasteiger partial charge in [-0.25, -0.2) is 0 Å². The molecule has 0 aromatic rings. The molecule has 0 radical (unpaired) electrons. The van der Waals surface area contributed by atoms with Gasteiger partial charge in [0.25, 0.3) is 0 Å². The summed E-state index contributed by atoms with van der Waals surface area (Å²) in [6.45, 7) is 1.84. The van der Waals surface area contributed by atoms with E-state index in [0.717, 1.165) is 18.4 Å². The number of hydrogen-bond acceptors (Lipinski definition) is 3. The van der Waals surface area contributed by atoms with Crippen LogP contribution in [0, 0.1) is 0 Å². The van der Waals surface area contributed by atoms with Crippen LogP contribution in [-0.4, -0.2) is 27.2 Å². The Morgan fingerprint density at radius 1 is 1.43 bits per heavy atom. The van der Waals surface area contributed by atoms with Gasteiger partial charge in [-0.1, -0.05) is 25.2 Å². The quantitative estimate of drug-likeness (QED) is 0.593. The predicted molar refractivity (Wildman–Crippen MR) is 54.5 cm³/mol. The smallest absolute Gasteiger partial charge is 0.154 e. The van der Waals surface area contributed by atoms with Crippen molar-refractivity contribution in [3.8, 4) is 0 Å². The van der Waals surface area contributed by atoms with E-state index in [1.54, 1.807) is 0 Å². The Morgan fingerprint density at radius 2 is 2.14 bits per heavy atom. The van der Waals surface area contributed by atoms with Crippen LogP contribution in [0.1, 0.15) is 32.6 Å². The van der Waals surface area contributed by atoms with Crippen molar-refractivity contribution in [2.75, 3.05) is 0 Å². The van der Waals surface area contributed by atoms with Crippen molar-refractivity contribution in [3.05, 3.63) is 23.8 Å². The van der Waals surface area contributed by atoms with Crippen molar-refractivity contribution in [2.45, 2.75) is 44.5 Å². The fraction of sp³-hybridized carbons (Fsp3) is 0.636. The normalized spacial score (nSPS) is 20.8. The van der Waals surface area contributed by atoms with Crippen LogP contribution < -0.4 is 0 Å². The number of aliphatic hydroxyl groups excluding tert-OH is 1. The maximum atomic E-state index is 10.2. The second-order valence-corrected chi connectivity index (χ2v) is 3.71. The summed E-state index contributed by atoms with van der Waals surface area (Å²) in [5.74, 6) is 0. The monoisotopic (exact) mass is 198 g/mol. The van der Waals surface area contributed by atoms with Gasteiger partial charge in [0.05, 0.1) is 5.60 Å². The Hall–Kier alpha value is -0.640. The summed E-state index contributed by atoms with van der Waals surface area (Å²) in [7, 11) is 0. The van der Waals surface area contributed by atoms with E-state index in [9.17, 15) is 5.11 Å². The van der Waals surface area contributed by atoms with Crippen molar-refractivity contribution < 1.29 is 15.3 Å². The van der Waals surface area contributed by atoms with Gasteiger partial charge in [0.1, 0.15) is 0 Å². The molecule has 1 aliphatic rings. The Kier molecular flexibility index (Phi) is 3.86. The Balaban J connectivity index is 2.77. The first-order valence-electron chi connectivity index (χ1n) is 5.04. The minimum absolute atomic E-state index is 0.0281. The Labute approximate surface area is 84.4 Å². The van der Waals surface area contributed by atoms with E-state index in [-0.39, 0.29) is 6.42 Å². The Morgan fingerprint density at radius 3 is 2.57 bits per heavy atom. The SMILES string of the molecule is CCC(O)(CC(O)O)C1=CCCC=C1. The van der Waals surface area contributed by atoms with Gasteiger partial charge in [-0.15, -0.1) is 0 Å². The molecular weight excluding hydrogens is 180 g/mol.